The quantitative estimate of drug-likeness (QED) is 0.746. The minimum absolute atomic E-state index is 0.381. The molecular formula is C15H15N3O3. The summed E-state index contributed by atoms with van der Waals surface area (Å²) in [5.41, 5.74) is 2.34. The molecule has 0 radical (unpaired) electrons. The molecule has 1 N–H and O–H groups in total. The summed E-state index contributed by atoms with van der Waals surface area (Å²) in [5.74, 6) is 0.249. The molecule has 0 unspecified atom stereocenters. The van der Waals surface area contributed by atoms with Crippen molar-refractivity contribution in [1.29, 1.82) is 0 Å². The zero-order valence-electron chi connectivity index (χ0n) is 11.8. The monoisotopic (exact) mass is 285 g/mol. The standard InChI is InChI=1S/C15H15N3O3/c1-9(2)6-18-7-11(8-19)12-4-3-10(5-13(12)18)14-16-15(20)21-17-14/h3-5,7-9H,6H2,1-2H3,(H,16,17,20). The van der Waals surface area contributed by atoms with Crippen molar-refractivity contribution in [1.82, 2.24) is 14.7 Å². The van der Waals surface area contributed by atoms with Gasteiger partial charge in [-0.3, -0.25) is 14.3 Å². The summed E-state index contributed by atoms with van der Waals surface area (Å²) >= 11 is 0. The summed E-state index contributed by atoms with van der Waals surface area (Å²) in [6.45, 7) is 5.04. The molecule has 3 rings (SSSR count). The zero-order valence-corrected chi connectivity index (χ0v) is 11.8. The molecule has 0 saturated carbocycles. The van der Waals surface area contributed by atoms with E-state index in [-0.39, 0.29) is 0 Å². The van der Waals surface area contributed by atoms with Crippen LogP contribution in [0.5, 0.6) is 0 Å². The van der Waals surface area contributed by atoms with Gasteiger partial charge in [0.2, 0.25) is 0 Å². The maximum Gasteiger partial charge on any atom is 0.439 e. The van der Waals surface area contributed by atoms with E-state index < -0.39 is 5.76 Å². The van der Waals surface area contributed by atoms with Crippen molar-refractivity contribution < 1.29 is 9.32 Å². The number of carbonyl (C=O) groups is 1. The third-order valence-corrected chi connectivity index (χ3v) is 3.32. The molecular weight excluding hydrogens is 270 g/mol. The van der Waals surface area contributed by atoms with Gasteiger partial charge in [0.05, 0.1) is 0 Å². The molecule has 3 aromatic rings. The number of aromatic amines is 1. The molecule has 2 aromatic heterocycles. The highest BCUT2D eigenvalue weighted by molar-refractivity contribution is 5.99. The number of fused-ring (bicyclic) bond motifs is 1. The Morgan fingerprint density at radius 1 is 1.43 bits per heavy atom. The molecule has 0 bridgehead atoms. The van der Waals surface area contributed by atoms with Gasteiger partial charge in [0.1, 0.15) is 0 Å². The molecule has 0 aliphatic rings. The predicted octanol–water partition coefficient (Wildman–Crippen LogP) is 2.45. The fourth-order valence-electron chi connectivity index (χ4n) is 2.46. The summed E-state index contributed by atoms with van der Waals surface area (Å²) in [4.78, 5) is 24.8. The Morgan fingerprint density at radius 2 is 2.24 bits per heavy atom. The molecule has 6 heteroatoms. The Bertz CT molecular complexity index is 855. The van der Waals surface area contributed by atoms with Gasteiger partial charge in [-0.25, -0.2) is 4.79 Å². The first kappa shape index (κ1) is 13.4. The number of carbonyl (C=O) groups excluding carboxylic acids is 1. The van der Waals surface area contributed by atoms with Crippen molar-refractivity contribution in [2.75, 3.05) is 0 Å². The molecule has 0 aliphatic heterocycles. The molecule has 0 amide bonds. The number of nitrogens with zero attached hydrogens (tertiary/aromatic N) is 2. The summed E-state index contributed by atoms with van der Waals surface area (Å²) < 4.78 is 6.58. The third-order valence-electron chi connectivity index (χ3n) is 3.32. The molecule has 108 valence electrons. The predicted molar refractivity (Wildman–Crippen MR) is 78.3 cm³/mol. The Hall–Kier alpha value is -2.63. The van der Waals surface area contributed by atoms with Crippen molar-refractivity contribution in [2.45, 2.75) is 20.4 Å². The van der Waals surface area contributed by atoms with Gasteiger partial charge in [0.15, 0.2) is 12.1 Å². The molecule has 6 nitrogen and oxygen atoms in total. The second-order valence-corrected chi connectivity index (χ2v) is 5.42. The Morgan fingerprint density at radius 3 is 2.86 bits per heavy atom. The third kappa shape index (κ3) is 2.40. The minimum atomic E-state index is -0.587. The Kier molecular flexibility index (Phi) is 3.21. The van der Waals surface area contributed by atoms with Crippen molar-refractivity contribution in [2.24, 2.45) is 5.92 Å². The minimum Gasteiger partial charge on any atom is -0.346 e. The number of hydrogen-bond acceptors (Lipinski definition) is 4. The topological polar surface area (TPSA) is 80.9 Å². The highest BCUT2D eigenvalue weighted by Crippen LogP contribution is 2.26. The normalized spacial score (nSPS) is 11.4. The van der Waals surface area contributed by atoms with Gasteiger partial charge in [-0.15, -0.1) is 0 Å². The van der Waals surface area contributed by atoms with Crippen molar-refractivity contribution >= 4 is 17.2 Å². The molecule has 2 heterocycles. The summed E-state index contributed by atoms with van der Waals surface area (Å²) in [6.07, 6.45) is 2.71. The van der Waals surface area contributed by atoms with Crippen LogP contribution in [-0.4, -0.2) is 21.0 Å². The van der Waals surface area contributed by atoms with E-state index in [4.69, 9.17) is 0 Å². The molecule has 0 saturated heterocycles. The lowest BCUT2D eigenvalue weighted by Gasteiger charge is -2.08. The summed E-state index contributed by atoms with van der Waals surface area (Å²) in [7, 11) is 0. The van der Waals surface area contributed by atoms with E-state index in [1.54, 1.807) is 0 Å². The van der Waals surface area contributed by atoms with Gasteiger partial charge in [-0.2, -0.15) is 0 Å². The van der Waals surface area contributed by atoms with E-state index in [2.05, 4.69) is 28.5 Å². The van der Waals surface area contributed by atoms with Gasteiger partial charge in [-0.1, -0.05) is 31.1 Å². The van der Waals surface area contributed by atoms with Crippen LogP contribution < -0.4 is 5.76 Å². The second kappa shape index (κ2) is 5.05. The largest absolute Gasteiger partial charge is 0.439 e. The number of nitrogens with one attached hydrogen (secondary N) is 1. The molecule has 0 atom stereocenters. The maximum absolute atomic E-state index is 11.2. The summed E-state index contributed by atoms with van der Waals surface area (Å²) in [5, 5.41) is 4.58. The Balaban J connectivity index is 2.19. The van der Waals surface area contributed by atoms with Gasteiger partial charge in [0, 0.05) is 34.8 Å². The van der Waals surface area contributed by atoms with Gasteiger partial charge in [0.25, 0.3) is 0 Å². The van der Waals surface area contributed by atoms with Crippen LogP contribution in [0.2, 0.25) is 0 Å². The van der Waals surface area contributed by atoms with Gasteiger partial charge in [-0.05, 0) is 12.0 Å². The van der Waals surface area contributed by atoms with E-state index in [1.165, 1.54) is 0 Å². The van der Waals surface area contributed by atoms with E-state index in [9.17, 15) is 9.59 Å². The molecule has 0 fully saturated rings. The first-order valence-electron chi connectivity index (χ1n) is 6.73. The zero-order chi connectivity index (χ0) is 15.0. The fraction of sp³-hybridized carbons (Fsp3) is 0.267. The maximum atomic E-state index is 11.2. The SMILES string of the molecule is CC(C)Cn1cc(C=O)c2ccc(-c3noc(=O)[nH]3)cc21. The fourth-order valence-corrected chi connectivity index (χ4v) is 2.46. The molecule has 21 heavy (non-hydrogen) atoms. The second-order valence-electron chi connectivity index (χ2n) is 5.42. The summed E-state index contributed by atoms with van der Waals surface area (Å²) in [6, 6.07) is 5.57. The van der Waals surface area contributed by atoms with Crippen LogP contribution in [0.4, 0.5) is 0 Å². The average Bonchev–Trinajstić information content (AvgIpc) is 3.02. The van der Waals surface area contributed by atoms with Crippen LogP contribution in [0.1, 0.15) is 24.2 Å². The van der Waals surface area contributed by atoms with Gasteiger partial charge < -0.3 is 4.57 Å². The van der Waals surface area contributed by atoms with Crippen LogP contribution >= 0.6 is 0 Å². The Labute approximate surface area is 120 Å². The van der Waals surface area contributed by atoms with E-state index >= 15 is 0 Å². The molecule has 1 aromatic carbocycles. The van der Waals surface area contributed by atoms with Gasteiger partial charge >= 0.3 is 5.76 Å². The van der Waals surface area contributed by atoms with Crippen LogP contribution in [0.25, 0.3) is 22.3 Å². The number of aromatic nitrogens is 3. The van der Waals surface area contributed by atoms with E-state index in [1.807, 2.05) is 29.0 Å². The van der Waals surface area contributed by atoms with Crippen molar-refractivity contribution in [3.8, 4) is 11.4 Å². The highest BCUT2D eigenvalue weighted by atomic mass is 16.5. The molecule has 0 spiro atoms. The lowest BCUT2D eigenvalue weighted by molar-refractivity contribution is 0.112. The number of hydrogen-bond donors (Lipinski definition) is 1. The van der Waals surface area contributed by atoms with Crippen molar-refractivity contribution in [3.05, 3.63) is 40.5 Å². The highest BCUT2D eigenvalue weighted by Gasteiger charge is 2.12. The van der Waals surface area contributed by atoms with Crippen molar-refractivity contribution in [3.63, 3.8) is 0 Å². The van der Waals surface area contributed by atoms with Crippen LogP contribution in [0, 0.1) is 5.92 Å². The molecule has 0 aliphatic carbocycles. The first-order valence-corrected chi connectivity index (χ1v) is 6.73. The number of aldehydes is 1. The number of H-pyrrole nitrogens is 1. The van der Waals surface area contributed by atoms with E-state index in [0.717, 1.165) is 29.3 Å². The van der Waals surface area contributed by atoms with Crippen LogP contribution in [-0.2, 0) is 6.54 Å². The van der Waals surface area contributed by atoms with Crippen LogP contribution in [0.15, 0.2) is 33.7 Å². The lowest BCUT2D eigenvalue weighted by atomic mass is 10.1. The smallest absolute Gasteiger partial charge is 0.346 e. The number of benzene rings is 1. The first-order chi connectivity index (χ1) is 10.1. The van der Waals surface area contributed by atoms with E-state index in [0.29, 0.717) is 17.3 Å². The number of rotatable bonds is 4. The average molecular weight is 285 g/mol. The van der Waals surface area contributed by atoms with Crippen LogP contribution in [0.3, 0.4) is 0 Å². The lowest BCUT2D eigenvalue weighted by Crippen LogP contribution is -2.02.